The molecule has 0 saturated heterocycles. The van der Waals surface area contributed by atoms with Crippen LogP contribution in [0.4, 0.5) is 5.69 Å². The number of thiophene rings is 1. The molecule has 1 aliphatic rings. The van der Waals surface area contributed by atoms with Crippen LogP contribution in [-0.2, 0) is 0 Å². The van der Waals surface area contributed by atoms with Gasteiger partial charge in [0.05, 0.1) is 18.3 Å². The van der Waals surface area contributed by atoms with Crippen LogP contribution in [0.5, 0.6) is 0 Å². The first-order valence-electron chi connectivity index (χ1n) is 8.96. The normalized spacial score (nSPS) is 16.3. The summed E-state index contributed by atoms with van der Waals surface area (Å²) in [5, 5.41) is 7.27. The van der Waals surface area contributed by atoms with E-state index in [4.69, 9.17) is 4.99 Å². The Labute approximate surface area is 163 Å². The van der Waals surface area contributed by atoms with Gasteiger partial charge in [-0.1, -0.05) is 36.4 Å². The molecule has 1 aliphatic heterocycles. The molecule has 4 nitrogen and oxygen atoms in total. The van der Waals surface area contributed by atoms with E-state index in [1.165, 1.54) is 0 Å². The topological polar surface area (TPSA) is 44.7 Å². The Bertz CT molecular complexity index is 951. The summed E-state index contributed by atoms with van der Waals surface area (Å²) in [6, 6.07) is 19.9. The van der Waals surface area contributed by atoms with Crippen molar-refractivity contribution in [1.29, 1.82) is 0 Å². The van der Waals surface area contributed by atoms with Crippen molar-refractivity contribution in [2.75, 3.05) is 25.0 Å². The molecule has 0 bridgehead atoms. The van der Waals surface area contributed by atoms with E-state index in [1.54, 1.807) is 11.3 Å². The minimum Gasteiger partial charge on any atom is -0.367 e. The molecule has 0 spiro atoms. The lowest BCUT2D eigenvalue weighted by molar-refractivity contribution is 0.0951. The zero-order chi connectivity index (χ0) is 18.6. The Morgan fingerprint density at radius 1 is 1.15 bits per heavy atom. The average molecular weight is 375 g/mol. The number of hydrogen-bond donors (Lipinski definition) is 1. The lowest BCUT2D eigenvalue weighted by Crippen LogP contribution is -2.43. The number of likely N-dealkylation sites (N-methyl/N-ethyl adjacent to an activating group) is 1. The van der Waals surface area contributed by atoms with Gasteiger partial charge in [-0.15, -0.1) is 0 Å². The van der Waals surface area contributed by atoms with Crippen LogP contribution in [-0.4, -0.2) is 37.8 Å². The van der Waals surface area contributed by atoms with Gasteiger partial charge in [0, 0.05) is 41.4 Å². The number of benzodiazepines with no additional fused rings is 1. The van der Waals surface area contributed by atoms with Gasteiger partial charge < -0.3 is 10.2 Å². The van der Waals surface area contributed by atoms with Crippen molar-refractivity contribution in [2.45, 2.75) is 6.04 Å². The van der Waals surface area contributed by atoms with Crippen LogP contribution < -0.4 is 10.2 Å². The van der Waals surface area contributed by atoms with Gasteiger partial charge in [-0.3, -0.25) is 9.79 Å². The average Bonchev–Trinajstić information content (AvgIpc) is 3.21. The van der Waals surface area contributed by atoms with Gasteiger partial charge in [0.1, 0.15) is 0 Å². The molecular formula is C22H21N3OS. The van der Waals surface area contributed by atoms with Crippen LogP contribution in [0.15, 0.2) is 76.4 Å². The van der Waals surface area contributed by atoms with E-state index < -0.39 is 0 Å². The van der Waals surface area contributed by atoms with E-state index in [-0.39, 0.29) is 11.9 Å². The molecule has 1 unspecified atom stereocenters. The third-order valence-corrected chi connectivity index (χ3v) is 5.56. The molecule has 136 valence electrons. The third-order valence-electron chi connectivity index (χ3n) is 4.88. The number of anilines is 1. The fraction of sp³-hybridized carbons (Fsp3) is 0.182. The Hall–Kier alpha value is -2.92. The standard InChI is InChI=1S/C22H21N3OS/c1-25-18(14-24-22(26)16-7-3-2-4-8-16)13-23-21(17-11-12-27-15-17)19-9-5-6-10-20(19)25/h2-12,15,18H,13-14H2,1H3,(H,24,26). The fourth-order valence-corrected chi connectivity index (χ4v) is 3.97. The first-order chi connectivity index (χ1) is 13.2. The second-order valence-corrected chi connectivity index (χ2v) is 7.34. The number of para-hydroxylation sites is 1. The van der Waals surface area contributed by atoms with Gasteiger partial charge in [0.15, 0.2) is 0 Å². The number of nitrogens with zero attached hydrogens (tertiary/aromatic N) is 2. The van der Waals surface area contributed by atoms with Crippen molar-refractivity contribution in [3.8, 4) is 0 Å². The summed E-state index contributed by atoms with van der Waals surface area (Å²) >= 11 is 1.68. The summed E-state index contributed by atoms with van der Waals surface area (Å²) in [6.07, 6.45) is 0. The molecule has 27 heavy (non-hydrogen) atoms. The molecule has 0 fully saturated rings. The summed E-state index contributed by atoms with van der Waals surface area (Å²) in [4.78, 5) is 19.6. The largest absolute Gasteiger partial charge is 0.367 e. The van der Waals surface area contributed by atoms with Crippen molar-refractivity contribution in [2.24, 2.45) is 4.99 Å². The molecule has 0 aliphatic carbocycles. The maximum atomic E-state index is 12.4. The predicted molar refractivity (Wildman–Crippen MR) is 112 cm³/mol. The number of carbonyl (C=O) groups is 1. The summed E-state index contributed by atoms with van der Waals surface area (Å²) in [7, 11) is 2.07. The van der Waals surface area contributed by atoms with Crippen LogP contribution in [0.3, 0.4) is 0 Å². The minimum atomic E-state index is -0.0523. The highest BCUT2D eigenvalue weighted by Crippen LogP contribution is 2.28. The summed E-state index contributed by atoms with van der Waals surface area (Å²) in [5.41, 5.74) is 5.12. The van der Waals surface area contributed by atoms with Gasteiger partial charge in [-0.05, 0) is 29.6 Å². The number of amides is 1. The van der Waals surface area contributed by atoms with E-state index in [2.05, 4.69) is 46.2 Å². The van der Waals surface area contributed by atoms with Crippen LogP contribution in [0.1, 0.15) is 21.5 Å². The third kappa shape index (κ3) is 3.64. The lowest BCUT2D eigenvalue weighted by Gasteiger charge is -2.28. The summed E-state index contributed by atoms with van der Waals surface area (Å²) < 4.78 is 0. The fourth-order valence-electron chi connectivity index (χ4n) is 3.33. The maximum Gasteiger partial charge on any atom is 0.251 e. The van der Waals surface area contributed by atoms with Gasteiger partial charge in [-0.2, -0.15) is 11.3 Å². The summed E-state index contributed by atoms with van der Waals surface area (Å²) in [6.45, 7) is 1.17. The van der Waals surface area contributed by atoms with E-state index >= 15 is 0 Å². The SMILES string of the molecule is CN1c2ccccc2C(c2ccsc2)=NCC1CNC(=O)c1ccccc1. The van der Waals surface area contributed by atoms with Crippen molar-refractivity contribution < 1.29 is 4.79 Å². The van der Waals surface area contributed by atoms with Gasteiger partial charge >= 0.3 is 0 Å². The van der Waals surface area contributed by atoms with Crippen molar-refractivity contribution in [3.63, 3.8) is 0 Å². The number of carbonyl (C=O) groups excluding carboxylic acids is 1. The first-order valence-corrected chi connectivity index (χ1v) is 9.91. The molecule has 0 radical (unpaired) electrons. The van der Waals surface area contributed by atoms with E-state index in [0.29, 0.717) is 18.7 Å². The number of fused-ring (bicyclic) bond motifs is 1. The van der Waals surface area contributed by atoms with E-state index in [0.717, 1.165) is 22.5 Å². The number of nitrogens with one attached hydrogen (secondary N) is 1. The Kier molecular flexibility index (Phi) is 5.03. The number of benzene rings is 2. The quantitative estimate of drug-likeness (QED) is 0.753. The maximum absolute atomic E-state index is 12.4. The van der Waals surface area contributed by atoms with Crippen LogP contribution in [0, 0.1) is 0 Å². The van der Waals surface area contributed by atoms with Gasteiger partial charge in [-0.25, -0.2) is 0 Å². The van der Waals surface area contributed by atoms with Crippen LogP contribution in [0.2, 0.25) is 0 Å². The molecule has 1 amide bonds. The Morgan fingerprint density at radius 2 is 1.93 bits per heavy atom. The van der Waals surface area contributed by atoms with Gasteiger partial charge in [0.25, 0.3) is 5.91 Å². The molecular weight excluding hydrogens is 354 g/mol. The number of hydrogen-bond acceptors (Lipinski definition) is 4. The zero-order valence-corrected chi connectivity index (χ0v) is 15.9. The molecule has 5 heteroatoms. The Balaban J connectivity index is 1.58. The van der Waals surface area contributed by atoms with E-state index in [9.17, 15) is 4.79 Å². The molecule has 0 saturated carbocycles. The van der Waals surface area contributed by atoms with Crippen LogP contribution in [0.25, 0.3) is 0 Å². The van der Waals surface area contributed by atoms with Crippen LogP contribution >= 0.6 is 11.3 Å². The first kappa shape index (κ1) is 17.5. The highest BCUT2D eigenvalue weighted by Gasteiger charge is 2.24. The minimum absolute atomic E-state index is 0.0523. The van der Waals surface area contributed by atoms with Gasteiger partial charge in [0.2, 0.25) is 0 Å². The predicted octanol–water partition coefficient (Wildman–Crippen LogP) is 3.83. The highest BCUT2D eigenvalue weighted by atomic mass is 32.1. The Morgan fingerprint density at radius 3 is 2.70 bits per heavy atom. The monoisotopic (exact) mass is 375 g/mol. The number of rotatable bonds is 4. The van der Waals surface area contributed by atoms with E-state index in [1.807, 2.05) is 42.5 Å². The van der Waals surface area contributed by atoms with Crippen molar-refractivity contribution in [3.05, 3.63) is 88.1 Å². The highest BCUT2D eigenvalue weighted by molar-refractivity contribution is 7.08. The molecule has 2 aromatic carbocycles. The molecule has 1 atom stereocenters. The molecule has 1 aromatic heterocycles. The molecule has 1 N–H and O–H groups in total. The molecule has 3 aromatic rings. The molecule has 2 heterocycles. The van der Waals surface area contributed by atoms with Crippen molar-refractivity contribution in [1.82, 2.24) is 5.32 Å². The number of aliphatic imine (C=N–C) groups is 1. The summed E-state index contributed by atoms with van der Waals surface area (Å²) in [5.74, 6) is -0.0523. The second-order valence-electron chi connectivity index (χ2n) is 6.56. The second kappa shape index (κ2) is 7.76. The lowest BCUT2D eigenvalue weighted by atomic mass is 10.0. The zero-order valence-electron chi connectivity index (χ0n) is 15.1. The van der Waals surface area contributed by atoms with Crippen molar-refractivity contribution >= 4 is 28.6 Å². The smallest absolute Gasteiger partial charge is 0.251 e. The molecule has 4 rings (SSSR count).